The van der Waals surface area contributed by atoms with Gasteiger partial charge in [0, 0.05) is 55.9 Å². The van der Waals surface area contributed by atoms with Crippen molar-refractivity contribution in [2.24, 2.45) is 0 Å². The Morgan fingerprint density at radius 1 is 1.21 bits per heavy atom. The van der Waals surface area contributed by atoms with E-state index in [0.29, 0.717) is 25.1 Å². The number of imidazole rings is 1. The van der Waals surface area contributed by atoms with Gasteiger partial charge in [0.1, 0.15) is 0 Å². The molecule has 2 aromatic rings. The topological polar surface area (TPSA) is 75.5 Å². The zero-order valence-electron chi connectivity index (χ0n) is 15.8. The fourth-order valence-corrected chi connectivity index (χ4v) is 6.25. The van der Waals surface area contributed by atoms with Crippen LogP contribution in [0.25, 0.3) is 5.69 Å². The average molecular weight is 421 g/mol. The number of carbonyl (C=O) groups excluding carboxylic acids is 1. The number of sulfone groups is 1. The highest BCUT2D eigenvalue weighted by Crippen LogP contribution is 2.22. The Kier molecular flexibility index (Phi) is 5.48. The molecule has 2 aliphatic rings. The maximum absolute atomic E-state index is 13.0. The first-order chi connectivity index (χ1) is 13.5. The van der Waals surface area contributed by atoms with Crippen molar-refractivity contribution in [1.82, 2.24) is 19.4 Å². The lowest BCUT2D eigenvalue weighted by Crippen LogP contribution is -2.52. The molecule has 1 atom stereocenters. The van der Waals surface area contributed by atoms with Crippen molar-refractivity contribution in [2.45, 2.75) is 17.6 Å². The van der Waals surface area contributed by atoms with Crippen molar-refractivity contribution in [3.05, 3.63) is 42.2 Å². The molecule has 7 nitrogen and oxygen atoms in total. The van der Waals surface area contributed by atoms with Crippen LogP contribution in [0.15, 0.2) is 41.8 Å². The van der Waals surface area contributed by atoms with Crippen molar-refractivity contribution in [3.63, 3.8) is 0 Å². The Hall–Kier alpha value is -1.84. The van der Waals surface area contributed by atoms with Gasteiger partial charge in [0.25, 0.3) is 5.91 Å². The summed E-state index contributed by atoms with van der Waals surface area (Å²) in [6.45, 7) is 2.70. The molecule has 1 unspecified atom stereocenters. The lowest BCUT2D eigenvalue weighted by atomic mass is 10.1. The largest absolute Gasteiger partial charge is 0.336 e. The highest BCUT2D eigenvalue weighted by molar-refractivity contribution is 7.98. The first kappa shape index (κ1) is 19.5. The normalized spacial score (nSPS) is 22.5. The van der Waals surface area contributed by atoms with E-state index in [9.17, 15) is 13.2 Å². The minimum Gasteiger partial charge on any atom is -0.336 e. The maximum atomic E-state index is 13.0. The molecule has 0 aliphatic carbocycles. The average Bonchev–Trinajstić information content (AvgIpc) is 3.33. The molecule has 2 fully saturated rings. The molecule has 2 saturated heterocycles. The Morgan fingerprint density at radius 2 is 2.00 bits per heavy atom. The molecule has 1 aromatic heterocycles. The lowest BCUT2D eigenvalue weighted by molar-refractivity contribution is 0.0588. The van der Waals surface area contributed by atoms with E-state index in [1.807, 2.05) is 46.2 Å². The van der Waals surface area contributed by atoms with Crippen LogP contribution < -0.4 is 0 Å². The molecule has 9 heteroatoms. The number of amides is 1. The van der Waals surface area contributed by atoms with E-state index in [2.05, 4.69) is 9.88 Å². The van der Waals surface area contributed by atoms with Gasteiger partial charge >= 0.3 is 0 Å². The van der Waals surface area contributed by atoms with E-state index >= 15 is 0 Å². The molecule has 0 saturated carbocycles. The molecule has 28 heavy (non-hydrogen) atoms. The molecule has 1 amide bonds. The van der Waals surface area contributed by atoms with E-state index in [1.165, 1.54) is 0 Å². The van der Waals surface area contributed by atoms with Crippen molar-refractivity contribution in [3.8, 4) is 5.69 Å². The number of hydrogen-bond donors (Lipinski definition) is 0. The number of benzene rings is 1. The third-order valence-electron chi connectivity index (χ3n) is 5.49. The van der Waals surface area contributed by atoms with E-state index < -0.39 is 9.84 Å². The van der Waals surface area contributed by atoms with Gasteiger partial charge in [-0.05, 0) is 30.9 Å². The summed E-state index contributed by atoms with van der Waals surface area (Å²) in [7, 11) is -2.88. The Labute approximate surface area is 169 Å². The number of thioether (sulfide) groups is 1. The zero-order valence-corrected chi connectivity index (χ0v) is 17.5. The molecular formula is C19H24N4O3S2. The van der Waals surface area contributed by atoms with Crippen LogP contribution in [0.2, 0.25) is 0 Å². The summed E-state index contributed by atoms with van der Waals surface area (Å²) in [5, 5.41) is 0.879. The second-order valence-electron chi connectivity index (χ2n) is 7.22. The van der Waals surface area contributed by atoms with Crippen LogP contribution in [0.4, 0.5) is 0 Å². The molecule has 0 N–H and O–H groups in total. The van der Waals surface area contributed by atoms with E-state index in [-0.39, 0.29) is 23.5 Å². The van der Waals surface area contributed by atoms with E-state index in [1.54, 1.807) is 18.0 Å². The zero-order chi connectivity index (χ0) is 19.7. The van der Waals surface area contributed by atoms with Gasteiger partial charge in [-0.1, -0.05) is 17.8 Å². The van der Waals surface area contributed by atoms with Crippen molar-refractivity contribution < 1.29 is 13.2 Å². The summed E-state index contributed by atoms with van der Waals surface area (Å²) in [6.07, 6.45) is 6.33. The minimum atomic E-state index is -2.88. The summed E-state index contributed by atoms with van der Waals surface area (Å²) < 4.78 is 25.4. The Balaban J connectivity index is 1.43. The van der Waals surface area contributed by atoms with Gasteiger partial charge in [-0.2, -0.15) is 0 Å². The molecule has 0 spiro atoms. The molecule has 0 radical (unpaired) electrons. The predicted molar refractivity (Wildman–Crippen MR) is 110 cm³/mol. The second kappa shape index (κ2) is 7.88. The van der Waals surface area contributed by atoms with Crippen LogP contribution in [0.1, 0.15) is 16.8 Å². The van der Waals surface area contributed by atoms with Gasteiger partial charge in [0.15, 0.2) is 15.0 Å². The smallest absolute Gasteiger partial charge is 0.254 e. The van der Waals surface area contributed by atoms with E-state index in [0.717, 1.165) is 23.9 Å². The van der Waals surface area contributed by atoms with Crippen LogP contribution in [0, 0.1) is 0 Å². The molecule has 1 aromatic carbocycles. The van der Waals surface area contributed by atoms with Crippen molar-refractivity contribution >= 4 is 27.5 Å². The number of nitrogens with zero attached hydrogens (tertiary/aromatic N) is 4. The first-order valence-electron chi connectivity index (χ1n) is 9.38. The third-order valence-corrected chi connectivity index (χ3v) is 7.90. The van der Waals surface area contributed by atoms with Crippen LogP contribution in [-0.4, -0.2) is 83.7 Å². The van der Waals surface area contributed by atoms with Crippen LogP contribution in [0.5, 0.6) is 0 Å². The minimum absolute atomic E-state index is 0.0198. The number of rotatable bonds is 4. The fraction of sp³-hybridized carbons (Fsp3) is 0.474. The van der Waals surface area contributed by atoms with Crippen LogP contribution >= 0.6 is 11.8 Å². The summed E-state index contributed by atoms with van der Waals surface area (Å²) in [5.41, 5.74) is 1.58. The number of piperazine rings is 1. The summed E-state index contributed by atoms with van der Waals surface area (Å²) in [4.78, 5) is 21.4. The molecular weight excluding hydrogens is 396 g/mol. The molecule has 2 aliphatic heterocycles. The van der Waals surface area contributed by atoms with Gasteiger partial charge in [-0.15, -0.1) is 0 Å². The first-order valence-corrected chi connectivity index (χ1v) is 12.4. The highest BCUT2D eigenvalue weighted by Gasteiger charge is 2.34. The van der Waals surface area contributed by atoms with Crippen molar-refractivity contribution in [2.75, 3.05) is 43.9 Å². The summed E-state index contributed by atoms with van der Waals surface area (Å²) >= 11 is 1.56. The van der Waals surface area contributed by atoms with Crippen molar-refractivity contribution in [1.29, 1.82) is 0 Å². The number of aromatic nitrogens is 2. The van der Waals surface area contributed by atoms with Gasteiger partial charge in [-0.25, -0.2) is 13.4 Å². The maximum Gasteiger partial charge on any atom is 0.254 e. The van der Waals surface area contributed by atoms with Crippen LogP contribution in [0.3, 0.4) is 0 Å². The molecule has 4 rings (SSSR count). The number of hydrogen-bond acceptors (Lipinski definition) is 6. The van der Waals surface area contributed by atoms with Gasteiger partial charge < -0.3 is 4.90 Å². The van der Waals surface area contributed by atoms with Gasteiger partial charge in [0.05, 0.1) is 11.5 Å². The fourth-order valence-electron chi connectivity index (χ4n) is 3.96. The third kappa shape index (κ3) is 3.97. The number of carbonyl (C=O) groups is 1. The second-order valence-corrected chi connectivity index (χ2v) is 10.2. The summed E-state index contributed by atoms with van der Waals surface area (Å²) in [5.74, 6) is 0.563. The summed E-state index contributed by atoms with van der Waals surface area (Å²) in [6, 6.07) is 7.72. The Morgan fingerprint density at radius 3 is 2.68 bits per heavy atom. The standard InChI is InChI=1S/C19H24N4O3S2/c1-27-19-20-6-7-23(19)16-4-2-3-15(13-16)18(24)22-10-8-21(9-11-22)17-5-12-28(25,26)14-17/h2-4,6-7,13,17H,5,8-12,14H2,1H3. The quantitative estimate of drug-likeness (QED) is 0.699. The van der Waals surface area contributed by atoms with E-state index in [4.69, 9.17) is 0 Å². The monoisotopic (exact) mass is 420 g/mol. The Bertz CT molecular complexity index is 965. The van der Waals surface area contributed by atoms with Crippen LogP contribution in [-0.2, 0) is 9.84 Å². The van der Waals surface area contributed by atoms with Gasteiger partial charge in [-0.3, -0.25) is 14.3 Å². The molecule has 0 bridgehead atoms. The molecule has 150 valence electrons. The highest BCUT2D eigenvalue weighted by atomic mass is 32.2. The molecule has 3 heterocycles. The predicted octanol–water partition coefficient (Wildman–Crippen LogP) is 1.54. The van der Waals surface area contributed by atoms with Gasteiger partial charge in [0.2, 0.25) is 0 Å². The SMILES string of the molecule is CSc1nccn1-c1cccc(C(=O)N2CCN(C3CCS(=O)(=O)C3)CC2)c1. The lowest BCUT2D eigenvalue weighted by Gasteiger charge is -2.37.